The van der Waals surface area contributed by atoms with Gasteiger partial charge in [0, 0.05) is 32.3 Å². The van der Waals surface area contributed by atoms with Crippen LogP contribution in [0.3, 0.4) is 0 Å². The van der Waals surface area contributed by atoms with Crippen molar-refractivity contribution in [3.63, 3.8) is 0 Å². The number of hydrogen-bond acceptors (Lipinski definition) is 4. The van der Waals surface area contributed by atoms with Gasteiger partial charge in [0.05, 0.1) is 0 Å². The molecule has 0 bridgehead atoms. The number of nitrogens with zero attached hydrogens (tertiary/aromatic N) is 3. The second kappa shape index (κ2) is 6.57. The summed E-state index contributed by atoms with van der Waals surface area (Å²) in [5.41, 5.74) is 3.66. The molecule has 0 aliphatic heterocycles. The lowest BCUT2D eigenvalue weighted by molar-refractivity contribution is 0.832. The predicted octanol–water partition coefficient (Wildman–Crippen LogP) is 3.86. The molecule has 0 aliphatic carbocycles. The van der Waals surface area contributed by atoms with E-state index in [1.807, 2.05) is 20.2 Å². The summed E-state index contributed by atoms with van der Waals surface area (Å²) in [6.45, 7) is 6.38. The van der Waals surface area contributed by atoms with Crippen molar-refractivity contribution in [3.05, 3.63) is 41.2 Å². The summed E-state index contributed by atoms with van der Waals surface area (Å²) >= 11 is 0. The fourth-order valence-corrected chi connectivity index (χ4v) is 2.39. The van der Waals surface area contributed by atoms with Crippen LogP contribution in [0.4, 0.5) is 17.3 Å². The van der Waals surface area contributed by atoms with Gasteiger partial charge in [0.2, 0.25) is 0 Å². The van der Waals surface area contributed by atoms with Crippen LogP contribution < -0.4 is 10.2 Å². The second-order valence-corrected chi connectivity index (χ2v) is 5.43. The molecule has 0 unspecified atom stereocenters. The standard InChI is InChI=1S/C17H24N4/c1-6-7-15-19-16(18-4)11-17(20-15)21(5)14-9-12(2)8-13(3)10-14/h8-11H,6-7H2,1-5H3,(H,18,19,20). The van der Waals surface area contributed by atoms with Gasteiger partial charge in [-0.3, -0.25) is 0 Å². The molecular weight excluding hydrogens is 260 g/mol. The first-order valence-electron chi connectivity index (χ1n) is 7.41. The summed E-state index contributed by atoms with van der Waals surface area (Å²) in [6.07, 6.45) is 1.93. The predicted molar refractivity (Wildman–Crippen MR) is 89.6 cm³/mol. The maximum absolute atomic E-state index is 4.68. The lowest BCUT2D eigenvalue weighted by atomic mass is 10.1. The third-order valence-corrected chi connectivity index (χ3v) is 3.43. The van der Waals surface area contributed by atoms with E-state index in [-0.39, 0.29) is 0 Å². The van der Waals surface area contributed by atoms with Crippen LogP contribution >= 0.6 is 0 Å². The summed E-state index contributed by atoms with van der Waals surface area (Å²) in [5, 5.41) is 3.12. The Balaban J connectivity index is 2.41. The quantitative estimate of drug-likeness (QED) is 0.905. The largest absolute Gasteiger partial charge is 0.373 e. The molecule has 0 radical (unpaired) electrons. The molecule has 4 heteroatoms. The van der Waals surface area contributed by atoms with Crippen LogP contribution in [0.25, 0.3) is 0 Å². The van der Waals surface area contributed by atoms with E-state index < -0.39 is 0 Å². The number of anilines is 3. The molecule has 1 heterocycles. The summed E-state index contributed by atoms with van der Waals surface area (Å²) in [6, 6.07) is 8.51. The van der Waals surface area contributed by atoms with Crippen LogP contribution in [0.1, 0.15) is 30.3 Å². The van der Waals surface area contributed by atoms with Crippen LogP contribution in [-0.4, -0.2) is 24.1 Å². The van der Waals surface area contributed by atoms with Crippen molar-refractivity contribution in [2.45, 2.75) is 33.6 Å². The van der Waals surface area contributed by atoms with E-state index in [0.29, 0.717) is 0 Å². The molecule has 0 saturated heterocycles. The van der Waals surface area contributed by atoms with Gasteiger partial charge >= 0.3 is 0 Å². The van der Waals surface area contributed by atoms with Gasteiger partial charge in [0.1, 0.15) is 17.5 Å². The first kappa shape index (κ1) is 15.3. The first-order chi connectivity index (χ1) is 10.0. The van der Waals surface area contributed by atoms with Crippen molar-refractivity contribution in [1.82, 2.24) is 9.97 Å². The molecule has 0 atom stereocenters. The summed E-state index contributed by atoms with van der Waals surface area (Å²) in [4.78, 5) is 11.3. The summed E-state index contributed by atoms with van der Waals surface area (Å²) in [5.74, 6) is 2.66. The third kappa shape index (κ3) is 3.72. The second-order valence-electron chi connectivity index (χ2n) is 5.43. The van der Waals surface area contributed by atoms with Gasteiger partial charge in [0.15, 0.2) is 0 Å². The number of benzene rings is 1. The lowest BCUT2D eigenvalue weighted by Crippen LogP contribution is -2.14. The fourth-order valence-electron chi connectivity index (χ4n) is 2.39. The zero-order valence-electron chi connectivity index (χ0n) is 13.6. The molecular formula is C17H24N4. The van der Waals surface area contributed by atoms with Crippen LogP contribution in [0.15, 0.2) is 24.3 Å². The average molecular weight is 284 g/mol. The number of rotatable bonds is 5. The summed E-state index contributed by atoms with van der Waals surface area (Å²) in [7, 11) is 3.93. The Morgan fingerprint density at radius 2 is 1.71 bits per heavy atom. The minimum atomic E-state index is 0.861. The van der Waals surface area contributed by atoms with Gasteiger partial charge in [0.25, 0.3) is 0 Å². The highest BCUT2D eigenvalue weighted by atomic mass is 15.2. The van der Waals surface area contributed by atoms with E-state index in [1.165, 1.54) is 11.1 Å². The van der Waals surface area contributed by atoms with Crippen molar-refractivity contribution in [3.8, 4) is 0 Å². The molecule has 1 aromatic carbocycles. The van der Waals surface area contributed by atoms with Crippen molar-refractivity contribution in [2.24, 2.45) is 0 Å². The SMILES string of the molecule is CCCc1nc(NC)cc(N(C)c2cc(C)cc(C)c2)n1. The molecule has 0 aliphatic rings. The Kier molecular flexibility index (Phi) is 4.78. The molecule has 0 fully saturated rings. The van der Waals surface area contributed by atoms with Gasteiger partial charge < -0.3 is 10.2 Å². The fraction of sp³-hybridized carbons (Fsp3) is 0.412. The van der Waals surface area contributed by atoms with E-state index in [0.717, 1.165) is 36.0 Å². The van der Waals surface area contributed by atoms with Crippen LogP contribution in [-0.2, 0) is 6.42 Å². The molecule has 0 saturated carbocycles. The number of aryl methyl sites for hydroxylation is 3. The Hall–Kier alpha value is -2.10. The van der Waals surface area contributed by atoms with E-state index in [4.69, 9.17) is 0 Å². The normalized spacial score (nSPS) is 10.5. The maximum Gasteiger partial charge on any atom is 0.138 e. The molecule has 1 aromatic heterocycles. The lowest BCUT2D eigenvalue weighted by Gasteiger charge is -2.20. The number of aromatic nitrogens is 2. The maximum atomic E-state index is 4.68. The van der Waals surface area contributed by atoms with Gasteiger partial charge in [-0.15, -0.1) is 0 Å². The summed E-state index contributed by atoms with van der Waals surface area (Å²) < 4.78 is 0. The zero-order chi connectivity index (χ0) is 15.4. The Labute approximate surface area is 127 Å². The molecule has 2 rings (SSSR count). The van der Waals surface area contributed by atoms with Crippen LogP contribution in [0, 0.1) is 13.8 Å². The van der Waals surface area contributed by atoms with Crippen LogP contribution in [0.5, 0.6) is 0 Å². The minimum absolute atomic E-state index is 0.861. The molecule has 1 N–H and O–H groups in total. The van der Waals surface area contributed by atoms with E-state index in [1.54, 1.807) is 0 Å². The van der Waals surface area contributed by atoms with E-state index in [9.17, 15) is 0 Å². The Bertz CT molecular complexity index is 602. The van der Waals surface area contributed by atoms with E-state index in [2.05, 4.69) is 59.2 Å². The third-order valence-electron chi connectivity index (χ3n) is 3.43. The minimum Gasteiger partial charge on any atom is -0.373 e. The topological polar surface area (TPSA) is 41.1 Å². The van der Waals surface area contributed by atoms with Crippen molar-refractivity contribution < 1.29 is 0 Å². The highest BCUT2D eigenvalue weighted by Crippen LogP contribution is 2.25. The van der Waals surface area contributed by atoms with Gasteiger partial charge in [-0.1, -0.05) is 13.0 Å². The molecule has 0 amide bonds. The van der Waals surface area contributed by atoms with Gasteiger partial charge in [-0.25, -0.2) is 9.97 Å². The zero-order valence-corrected chi connectivity index (χ0v) is 13.6. The van der Waals surface area contributed by atoms with Gasteiger partial charge in [-0.2, -0.15) is 0 Å². The Morgan fingerprint density at radius 3 is 2.29 bits per heavy atom. The molecule has 4 nitrogen and oxygen atoms in total. The number of hydrogen-bond donors (Lipinski definition) is 1. The average Bonchev–Trinajstić information content (AvgIpc) is 2.45. The highest BCUT2D eigenvalue weighted by molar-refractivity contribution is 5.63. The molecule has 21 heavy (non-hydrogen) atoms. The molecule has 0 spiro atoms. The molecule has 112 valence electrons. The number of nitrogens with one attached hydrogen (secondary N) is 1. The Morgan fingerprint density at radius 1 is 1.05 bits per heavy atom. The first-order valence-corrected chi connectivity index (χ1v) is 7.41. The smallest absolute Gasteiger partial charge is 0.138 e. The van der Waals surface area contributed by atoms with Crippen molar-refractivity contribution in [2.75, 3.05) is 24.3 Å². The van der Waals surface area contributed by atoms with E-state index >= 15 is 0 Å². The van der Waals surface area contributed by atoms with Crippen LogP contribution in [0.2, 0.25) is 0 Å². The van der Waals surface area contributed by atoms with Crippen molar-refractivity contribution in [1.29, 1.82) is 0 Å². The molecule has 2 aromatic rings. The monoisotopic (exact) mass is 284 g/mol. The highest BCUT2D eigenvalue weighted by Gasteiger charge is 2.10. The van der Waals surface area contributed by atoms with Gasteiger partial charge in [-0.05, 0) is 43.5 Å². The van der Waals surface area contributed by atoms with Crippen molar-refractivity contribution >= 4 is 17.3 Å².